The molecule has 1 rings (SSSR count). The average Bonchev–Trinajstić information content (AvgIpc) is 2.11. The first kappa shape index (κ1) is 10.6. The maximum atomic E-state index is 5.67. The first-order valence-corrected chi connectivity index (χ1v) is 5.35. The summed E-state index contributed by atoms with van der Waals surface area (Å²) in [5.74, 6) is 0.937. The fourth-order valence-corrected chi connectivity index (χ4v) is 1.32. The zero-order valence-electron chi connectivity index (χ0n) is 8.30. The Kier molecular flexibility index (Phi) is 3.79. The molecule has 1 aromatic carbocycles. The average molecular weight is 243 g/mol. The van der Waals surface area contributed by atoms with E-state index < -0.39 is 0 Å². The summed E-state index contributed by atoms with van der Waals surface area (Å²) in [7, 11) is 0. The molecule has 0 heterocycles. The summed E-state index contributed by atoms with van der Waals surface area (Å²) in [6, 6.07) is 6.08. The molecule has 0 aliphatic carbocycles. The lowest BCUT2D eigenvalue weighted by molar-refractivity contribution is 0.217. The number of aryl methyl sites for hydroxylation is 1. The van der Waals surface area contributed by atoms with E-state index in [1.807, 2.05) is 12.1 Å². The van der Waals surface area contributed by atoms with Gasteiger partial charge in [0, 0.05) is 4.47 Å². The molecule has 72 valence electrons. The summed E-state index contributed by atoms with van der Waals surface area (Å²) < 4.78 is 6.77. The molecule has 0 spiro atoms. The zero-order valence-corrected chi connectivity index (χ0v) is 9.89. The molecule has 0 aliphatic rings. The Morgan fingerprint density at radius 3 is 2.69 bits per heavy atom. The first-order valence-electron chi connectivity index (χ1n) is 4.56. The minimum absolute atomic E-state index is 0.287. The fraction of sp³-hybridized carbons (Fsp3) is 0.455. The van der Waals surface area contributed by atoms with Gasteiger partial charge in [0.05, 0.1) is 6.10 Å². The summed E-state index contributed by atoms with van der Waals surface area (Å²) in [6.07, 6.45) is 1.32. The topological polar surface area (TPSA) is 9.23 Å². The van der Waals surface area contributed by atoms with E-state index in [9.17, 15) is 0 Å². The SMILES string of the molecule is CCC(C)Oc1ccc(C)c(Br)c1. The molecule has 0 N–H and O–H groups in total. The highest BCUT2D eigenvalue weighted by molar-refractivity contribution is 9.10. The molecule has 1 atom stereocenters. The second-order valence-electron chi connectivity index (χ2n) is 3.25. The molecular formula is C11H15BrO. The van der Waals surface area contributed by atoms with Crippen molar-refractivity contribution in [1.82, 2.24) is 0 Å². The molecule has 1 unspecified atom stereocenters. The summed E-state index contributed by atoms with van der Waals surface area (Å²) >= 11 is 3.48. The summed E-state index contributed by atoms with van der Waals surface area (Å²) in [5.41, 5.74) is 1.23. The van der Waals surface area contributed by atoms with E-state index in [0.717, 1.165) is 16.6 Å². The van der Waals surface area contributed by atoms with E-state index in [1.165, 1.54) is 5.56 Å². The molecule has 0 saturated heterocycles. The third kappa shape index (κ3) is 3.03. The summed E-state index contributed by atoms with van der Waals surface area (Å²) in [6.45, 7) is 6.26. The van der Waals surface area contributed by atoms with Gasteiger partial charge in [-0.1, -0.05) is 28.9 Å². The second-order valence-corrected chi connectivity index (χ2v) is 4.10. The van der Waals surface area contributed by atoms with Crippen molar-refractivity contribution in [2.24, 2.45) is 0 Å². The minimum Gasteiger partial charge on any atom is -0.491 e. The van der Waals surface area contributed by atoms with Crippen LogP contribution in [0.5, 0.6) is 5.75 Å². The fourth-order valence-electron chi connectivity index (χ4n) is 0.963. The van der Waals surface area contributed by atoms with Gasteiger partial charge in [-0.05, 0) is 38.0 Å². The molecule has 13 heavy (non-hydrogen) atoms. The highest BCUT2D eigenvalue weighted by atomic mass is 79.9. The number of halogens is 1. The van der Waals surface area contributed by atoms with Gasteiger partial charge < -0.3 is 4.74 Å². The predicted molar refractivity (Wildman–Crippen MR) is 59.3 cm³/mol. The quantitative estimate of drug-likeness (QED) is 0.781. The van der Waals surface area contributed by atoms with Crippen LogP contribution in [0, 0.1) is 6.92 Å². The van der Waals surface area contributed by atoms with Crippen molar-refractivity contribution in [2.45, 2.75) is 33.3 Å². The lowest BCUT2D eigenvalue weighted by Gasteiger charge is -2.13. The normalized spacial score (nSPS) is 12.6. The van der Waals surface area contributed by atoms with Gasteiger partial charge >= 0.3 is 0 Å². The summed E-state index contributed by atoms with van der Waals surface area (Å²) in [4.78, 5) is 0. The Morgan fingerprint density at radius 1 is 1.46 bits per heavy atom. The molecule has 0 fully saturated rings. The van der Waals surface area contributed by atoms with E-state index >= 15 is 0 Å². The van der Waals surface area contributed by atoms with Crippen molar-refractivity contribution >= 4 is 15.9 Å². The van der Waals surface area contributed by atoms with Crippen LogP contribution in [0.1, 0.15) is 25.8 Å². The standard InChI is InChI=1S/C11H15BrO/c1-4-9(3)13-10-6-5-8(2)11(12)7-10/h5-7,9H,4H2,1-3H3. The van der Waals surface area contributed by atoms with Gasteiger partial charge in [-0.15, -0.1) is 0 Å². The van der Waals surface area contributed by atoms with Crippen molar-refractivity contribution in [1.29, 1.82) is 0 Å². The number of rotatable bonds is 3. The van der Waals surface area contributed by atoms with Crippen LogP contribution in [0.25, 0.3) is 0 Å². The Labute approximate surface area is 88.2 Å². The number of benzene rings is 1. The molecule has 0 bridgehead atoms. The van der Waals surface area contributed by atoms with Gasteiger partial charge in [0.2, 0.25) is 0 Å². The van der Waals surface area contributed by atoms with Crippen molar-refractivity contribution in [2.75, 3.05) is 0 Å². The molecule has 1 aromatic rings. The maximum Gasteiger partial charge on any atom is 0.120 e. The number of hydrogen-bond acceptors (Lipinski definition) is 1. The largest absolute Gasteiger partial charge is 0.491 e. The van der Waals surface area contributed by atoms with Crippen LogP contribution in [-0.2, 0) is 0 Å². The van der Waals surface area contributed by atoms with Gasteiger partial charge in [-0.3, -0.25) is 0 Å². The van der Waals surface area contributed by atoms with Crippen LogP contribution in [0.3, 0.4) is 0 Å². The number of hydrogen-bond donors (Lipinski definition) is 0. The van der Waals surface area contributed by atoms with E-state index in [4.69, 9.17) is 4.74 Å². The van der Waals surface area contributed by atoms with E-state index in [-0.39, 0.29) is 6.10 Å². The third-order valence-electron chi connectivity index (χ3n) is 2.06. The lowest BCUT2D eigenvalue weighted by atomic mass is 10.2. The predicted octanol–water partition coefficient (Wildman–Crippen LogP) is 3.93. The first-order chi connectivity index (χ1) is 6.13. The van der Waals surface area contributed by atoms with Crippen molar-refractivity contribution in [3.05, 3.63) is 28.2 Å². The molecule has 0 aliphatic heterocycles. The smallest absolute Gasteiger partial charge is 0.120 e. The molecule has 0 radical (unpaired) electrons. The molecule has 2 heteroatoms. The van der Waals surface area contributed by atoms with Crippen LogP contribution < -0.4 is 4.74 Å². The molecule has 1 nitrogen and oxygen atoms in total. The van der Waals surface area contributed by atoms with Gasteiger partial charge in [0.15, 0.2) is 0 Å². The lowest BCUT2D eigenvalue weighted by Crippen LogP contribution is -2.09. The second kappa shape index (κ2) is 4.66. The van der Waals surface area contributed by atoms with E-state index in [1.54, 1.807) is 0 Å². The van der Waals surface area contributed by atoms with Gasteiger partial charge in [-0.2, -0.15) is 0 Å². The number of ether oxygens (including phenoxy) is 1. The Bertz CT molecular complexity index is 283. The van der Waals surface area contributed by atoms with Gasteiger partial charge in [0.25, 0.3) is 0 Å². The monoisotopic (exact) mass is 242 g/mol. The van der Waals surface area contributed by atoms with Crippen molar-refractivity contribution < 1.29 is 4.74 Å². The highest BCUT2D eigenvalue weighted by Crippen LogP contribution is 2.23. The zero-order chi connectivity index (χ0) is 9.84. The van der Waals surface area contributed by atoms with Crippen LogP contribution in [0.4, 0.5) is 0 Å². The van der Waals surface area contributed by atoms with Gasteiger partial charge in [-0.25, -0.2) is 0 Å². The van der Waals surface area contributed by atoms with E-state index in [2.05, 4.69) is 42.8 Å². The van der Waals surface area contributed by atoms with Gasteiger partial charge in [0.1, 0.15) is 5.75 Å². The van der Waals surface area contributed by atoms with E-state index in [0.29, 0.717) is 0 Å². The van der Waals surface area contributed by atoms with Crippen LogP contribution in [-0.4, -0.2) is 6.10 Å². The van der Waals surface area contributed by atoms with Crippen molar-refractivity contribution in [3.63, 3.8) is 0 Å². The maximum absolute atomic E-state index is 5.67. The molecule has 0 saturated carbocycles. The van der Waals surface area contributed by atoms with Crippen LogP contribution in [0.15, 0.2) is 22.7 Å². The molecule has 0 amide bonds. The van der Waals surface area contributed by atoms with Crippen LogP contribution >= 0.6 is 15.9 Å². The Morgan fingerprint density at radius 2 is 2.15 bits per heavy atom. The third-order valence-corrected chi connectivity index (χ3v) is 2.91. The van der Waals surface area contributed by atoms with Crippen molar-refractivity contribution in [3.8, 4) is 5.75 Å². The Balaban J connectivity index is 2.73. The minimum atomic E-state index is 0.287. The Hall–Kier alpha value is -0.500. The molecule has 0 aromatic heterocycles. The summed E-state index contributed by atoms with van der Waals surface area (Å²) in [5, 5.41) is 0. The molecular weight excluding hydrogens is 228 g/mol. The highest BCUT2D eigenvalue weighted by Gasteiger charge is 2.02. The van der Waals surface area contributed by atoms with Crippen LogP contribution in [0.2, 0.25) is 0 Å².